The number of hydrogen-bond donors (Lipinski definition) is 2. The Hall–Kier alpha value is -0.120. The molecule has 7 heavy (non-hydrogen) atoms. The van der Waals surface area contributed by atoms with Crippen molar-refractivity contribution in [2.75, 3.05) is 6.54 Å². The number of rotatable bonds is 3. The van der Waals surface area contributed by atoms with E-state index >= 15 is 0 Å². The molecule has 0 saturated heterocycles. The van der Waals surface area contributed by atoms with Gasteiger partial charge in [0.2, 0.25) is 0 Å². The lowest BCUT2D eigenvalue weighted by Crippen LogP contribution is -3.04. The van der Waals surface area contributed by atoms with Gasteiger partial charge in [-0.2, -0.15) is 0 Å². The molecule has 0 heterocycles. The first kappa shape index (κ1) is 6.88. The van der Waals surface area contributed by atoms with Gasteiger partial charge in [-0.25, -0.2) is 10.4 Å². The van der Waals surface area contributed by atoms with E-state index in [4.69, 9.17) is 5.21 Å². The van der Waals surface area contributed by atoms with Crippen LogP contribution in [0.5, 0.6) is 0 Å². The summed E-state index contributed by atoms with van der Waals surface area (Å²) in [7, 11) is 0. The zero-order chi connectivity index (χ0) is 5.70. The van der Waals surface area contributed by atoms with Crippen molar-refractivity contribution in [3.63, 3.8) is 0 Å². The highest BCUT2D eigenvalue weighted by Crippen LogP contribution is 1.77. The van der Waals surface area contributed by atoms with E-state index in [9.17, 15) is 5.21 Å². The van der Waals surface area contributed by atoms with Crippen LogP contribution in [-0.2, 0) is 0 Å². The van der Waals surface area contributed by atoms with E-state index in [0.717, 1.165) is 12.8 Å². The third-order valence-electron chi connectivity index (χ3n) is 0.744. The third kappa shape index (κ3) is 5.88. The third-order valence-corrected chi connectivity index (χ3v) is 0.744. The maximum absolute atomic E-state index is 9.76. The summed E-state index contributed by atoms with van der Waals surface area (Å²) in [5.41, 5.74) is 0. The van der Waals surface area contributed by atoms with Crippen molar-refractivity contribution in [1.29, 1.82) is 0 Å². The van der Waals surface area contributed by atoms with Gasteiger partial charge in [0.1, 0.15) is 6.54 Å². The normalized spacial score (nSPS) is 14.1. The van der Waals surface area contributed by atoms with E-state index in [1.807, 2.05) is 6.92 Å². The van der Waals surface area contributed by atoms with Crippen molar-refractivity contribution in [2.45, 2.75) is 19.8 Å². The molecule has 0 saturated carbocycles. The van der Waals surface area contributed by atoms with E-state index in [2.05, 4.69) is 0 Å². The maximum Gasteiger partial charge on any atom is 0.106 e. The Morgan fingerprint density at radius 2 is 2.29 bits per heavy atom. The molecule has 1 unspecified atom stereocenters. The van der Waals surface area contributed by atoms with E-state index < -0.39 is 5.23 Å². The maximum atomic E-state index is 9.76. The molecule has 0 fully saturated rings. The first-order valence-corrected chi connectivity index (χ1v) is 2.49. The summed E-state index contributed by atoms with van der Waals surface area (Å²) in [6, 6.07) is 0. The van der Waals surface area contributed by atoms with Crippen molar-refractivity contribution in [1.82, 2.24) is 0 Å². The molecule has 0 aromatic heterocycles. The lowest BCUT2D eigenvalue weighted by molar-refractivity contribution is -1.05. The van der Waals surface area contributed by atoms with Gasteiger partial charge < -0.3 is 5.21 Å². The molecule has 3 heteroatoms. The minimum absolute atomic E-state index is 0.316. The number of nitrogens with one attached hydrogen (secondary N) is 1. The molecule has 0 aromatic carbocycles. The molecule has 0 radical (unpaired) electrons. The molecule has 0 rings (SSSR count). The fourth-order valence-electron chi connectivity index (χ4n) is 0.328. The van der Waals surface area contributed by atoms with Gasteiger partial charge >= 0.3 is 0 Å². The SMILES string of the molecule is CCCC[NH+]([O-])O. The zero-order valence-corrected chi connectivity index (χ0v) is 4.48. The van der Waals surface area contributed by atoms with Crippen molar-refractivity contribution in [2.24, 2.45) is 0 Å². The van der Waals surface area contributed by atoms with Crippen molar-refractivity contribution < 1.29 is 10.4 Å². The summed E-state index contributed by atoms with van der Waals surface area (Å²) >= 11 is 0. The molecule has 0 spiro atoms. The quantitative estimate of drug-likeness (QED) is 0.478. The summed E-state index contributed by atoms with van der Waals surface area (Å²) in [5.74, 6) is 0. The number of hydroxylamine groups is 2. The predicted octanol–water partition coefficient (Wildman–Crippen LogP) is -0.442. The fourth-order valence-corrected chi connectivity index (χ4v) is 0.328. The first-order chi connectivity index (χ1) is 3.27. The van der Waals surface area contributed by atoms with Crippen LogP contribution in [0.3, 0.4) is 0 Å². The van der Waals surface area contributed by atoms with Crippen LogP contribution in [0.25, 0.3) is 0 Å². The molecular formula is C4H11NO2. The number of hydrogen-bond acceptors (Lipinski definition) is 2. The Morgan fingerprint density at radius 3 is 2.43 bits per heavy atom. The smallest absolute Gasteiger partial charge is 0.106 e. The molecule has 2 N–H and O–H groups in total. The van der Waals surface area contributed by atoms with E-state index in [1.54, 1.807) is 0 Å². The topological polar surface area (TPSA) is 47.7 Å². The summed E-state index contributed by atoms with van der Waals surface area (Å²) < 4.78 is 0. The lowest BCUT2D eigenvalue weighted by atomic mass is 10.3. The summed E-state index contributed by atoms with van der Waals surface area (Å²) in [6.07, 6.45) is 1.77. The highest BCUT2D eigenvalue weighted by molar-refractivity contribution is 4.25. The molecule has 0 bridgehead atoms. The first-order valence-electron chi connectivity index (χ1n) is 2.49. The van der Waals surface area contributed by atoms with Crippen LogP contribution in [0.4, 0.5) is 0 Å². The van der Waals surface area contributed by atoms with Gasteiger partial charge in [0.15, 0.2) is 0 Å². The minimum Gasteiger partial charge on any atom is -0.600 e. The standard InChI is InChI=1S/C4H11NO2/c1-2-3-4-5(6)7/h5-6H,2-4H2,1H3. The Labute approximate surface area is 43.1 Å². The van der Waals surface area contributed by atoms with Gasteiger partial charge in [-0.1, -0.05) is 13.3 Å². The average Bonchev–Trinajstić information content (AvgIpc) is 1.61. The number of quaternary nitrogens is 1. The van der Waals surface area contributed by atoms with Crippen LogP contribution in [0.15, 0.2) is 0 Å². The van der Waals surface area contributed by atoms with Crippen LogP contribution in [-0.4, -0.2) is 11.8 Å². The summed E-state index contributed by atoms with van der Waals surface area (Å²) in [4.78, 5) is 0. The van der Waals surface area contributed by atoms with E-state index in [1.165, 1.54) is 0 Å². The molecule has 0 amide bonds. The van der Waals surface area contributed by atoms with E-state index in [0.29, 0.717) is 6.54 Å². The van der Waals surface area contributed by atoms with E-state index in [-0.39, 0.29) is 0 Å². The van der Waals surface area contributed by atoms with Crippen LogP contribution in [0.1, 0.15) is 19.8 Å². The molecule has 0 aliphatic rings. The highest BCUT2D eigenvalue weighted by atomic mass is 16.8. The van der Waals surface area contributed by atoms with Crippen molar-refractivity contribution in [3.8, 4) is 0 Å². The van der Waals surface area contributed by atoms with Crippen molar-refractivity contribution in [3.05, 3.63) is 5.21 Å². The minimum atomic E-state index is -0.693. The monoisotopic (exact) mass is 105 g/mol. The molecule has 44 valence electrons. The van der Waals surface area contributed by atoms with Gasteiger partial charge in [0, 0.05) is 0 Å². The largest absolute Gasteiger partial charge is 0.600 e. The van der Waals surface area contributed by atoms with Gasteiger partial charge in [0.05, 0.1) is 0 Å². The van der Waals surface area contributed by atoms with Crippen LogP contribution < -0.4 is 5.23 Å². The van der Waals surface area contributed by atoms with Gasteiger partial charge in [0.25, 0.3) is 0 Å². The molecule has 1 atom stereocenters. The summed E-state index contributed by atoms with van der Waals surface area (Å²) in [5, 5.41) is 17.1. The highest BCUT2D eigenvalue weighted by Gasteiger charge is 1.85. The van der Waals surface area contributed by atoms with Gasteiger partial charge in [-0.05, 0) is 6.42 Å². The number of unbranched alkanes of at least 4 members (excludes halogenated alkanes) is 1. The van der Waals surface area contributed by atoms with Crippen LogP contribution in [0.2, 0.25) is 0 Å². The summed E-state index contributed by atoms with van der Waals surface area (Å²) in [6.45, 7) is 2.29. The molecule has 0 aromatic rings. The van der Waals surface area contributed by atoms with Crippen molar-refractivity contribution >= 4 is 0 Å². The van der Waals surface area contributed by atoms with Gasteiger partial charge in [-0.15, -0.1) is 0 Å². The molecular weight excluding hydrogens is 94.0 g/mol. The lowest BCUT2D eigenvalue weighted by Gasteiger charge is -2.09. The fraction of sp³-hybridized carbons (Fsp3) is 1.00. The Morgan fingerprint density at radius 1 is 1.71 bits per heavy atom. The second-order valence-electron chi connectivity index (χ2n) is 1.50. The Kier molecular flexibility index (Phi) is 3.98. The zero-order valence-electron chi connectivity index (χ0n) is 4.48. The predicted molar refractivity (Wildman–Crippen MR) is 25.9 cm³/mol. The second-order valence-corrected chi connectivity index (χ2v) is 1.50. The van der Waals surface area contributed by atoms with Crippen LogP contribution >= 0.6 is 0 Å². The van der Waals surface area contributed by atoms with Crippen LogP contribution in [0, 0.1) is 5.21 Å². The Bertz CT molecular complexity index is 38.7. The molecule has 3 nitrogen and oxygen atoms in total. The molecule has 0 aliphatic carbocycles. The van der Waals surface area contributed by atoms with Gasteiger partial charge in [-0.3, -0.25) is 0 Å². The molecule has 0 aliphatic heterocycles. The Balaban J connectivity index is 2.68. The second kappa shape index (κ2) is 4.05. The average molecular weight is 105 g/mol.